The molecule has 25 heavy (non-hydrogen) atoms. The first-order valence-electron chi connectivity index (χ1n) is 8.50. The number of carbonyl (C=O) groups excluding carboxylic acids is 1. The van der Waals surface area contributed by atoms with E-state index in [1.54, 1.807) is 13.2 Å². The number of methoxy groups -OCH3 is 1. The van der Waals surface area contributed by atoms with Gasteiger partial charge < -0.3 is 20.1 Å². The van der Waals surface area contributed by atoms with Crippen LogP contribution in [0.4, 0.5) is 0 Å². The molecule has 1 aliphatic heterocycles. The summed E-state index contributed by atoms with van der Waals surface area (Å²) in [6.45, 7) is 2.17. The topological polar surface area (TPSA) is 64.8 Å². The Hall–Kier alpha value is -2.37. The first kappa shape index (κ1) is 17.5. The van der Waals surface area contributed by atoms with Crippen molar-refractivity contribution in [3.05, 3.63) is 65.7 Å². The first-order valence-corrected chi connectivity index (χ1v) is 8.50. The van der Waals surface area contributed by atoms with Crippen LogP contribution in [0.15, 0.2) is 54.6 Å². The molecule has 2 aromatic carbocycles. The van der Waals surface area contributed by atoms with Crippen LogP contribution in [0.3, 0.4) is 0 Å². The normalized spacial score (nSPS) is 19.8. The highest BCUT2D eigenvalue weighted by Crippen LogP contribution is 2.28. The molecular formula is C20H24N2O3. The molecule has 1 fully saturated rings. The zero-order chi connectivity index (χ0) is 17.6. The lowest BCUT2D eigenvalue weighted by Crippen LogP contribution is -2.32. The zero-order valence-electron chi connectivity index (χ0n) is 14.4. The predicted octanol–water partition coefficient (Wildman–Crippen LogP) is 2.28. The van der Waals surface area contributed by atoms with Crippen LogP contribution in [0.5, 0.6) is 5.75 Å². The van der Waals surface area contributed by atoms with E-state index in [0.29, 0.717) is 37.6 Å². The van der Waals surface area contributed by atoms with E-state index in [1.807, 2.05) is 41.3 Å². The summed E-state index contributed by atoms with van der Waals surface area (Å²) >= 11 is 0. The maximum atomic E-state index is 12.8. The van der Waals surface area contributed by atoms with E-state index in [2.05, 4.69) is 12.1 Å². The maximum absolute atomic E-state index is 12.8. The Morgan fingerprint density at radius 2 is 1.92 bits per heavy atom. The molecule has 5 nitrogen and oxygen atoms in total. The summed E-state index contributed by atoms with van der Waals surface area (Å²) in [6.07, 6.45) is 0. The van der Waals surface area contributed by atoms with Gasteiger partial charge in [0.1, 0.15) is 12.4 Å². The third-order valence-electron chi connectivity index (χ3n) is 4.52. The molecule has 5 heteroatoms. The zero-order valence-corrected chi connectivity index (χ0v) is 14.4. The number of hydrogen-bond acceptors (Lipinski definition) is 4. The van der Waals surface area contributed by atoms with Gasteiger partial charge in [-0.3, -0.25) is 4.79 Å². The second-order valence-corrected chi connectivity index (χ2v) is 6.26. The van der Waals surface area contributed by atoms with E-state index >= 15 is 0 Å². The molecule has 0 aliphatic carbocycles. The average molecular weight is 340 g/mol. The van der Waals surface area contributed by atoms with Crippen molar-refractivity contribution in [2.75, 3.05) is 33.4 Å². The van der Waals surface area contributed by atoms with Crippen molar-refractivity contribution in [1.82, 2.24) is 4.90 Å². The van der Waals surface area contributed by atoms with Crippen molar-refractivity contribution in [3.8, 4) is 5.75 Å². The van der Waals surface area contributed by atoms with Gasteiger partial charge in [0.2, 0.25) is 0 Å². The van der Waals surface area contributed by atoms with Gasteiger partial charge in [-0.15, -0.1) is 0 Å². The summed E-state index contributed by atoms with van der Waals surface area (Å²) in [6, 6.07) is 17.4. The van der Waals surface area contributed by atoms with Crippen molar-refractivity contribution in [1.29, 1.82) is 0 Å². The molecule has 0 spiro atoms. The van der Waals surface area contributed by atoms with Crippen molar-refractivity contribution < 1.29 is 14.3 Å². The maximum Gasteiger partial charge on any atom is 0.254 e. The fraction of sp³-hybridized carbons (Fsp3) is 0.350. The molecule has 1 aliphatic rings. The monoisotopic (exact) mass is 340 g/mol. The van der Waals surface area contributed by atoms with Gasteiger partial charge in [-0.25, -0.2) is 0 Å². The molecule has 2 atom stereocenters. The predicted molar refractivity (Wildman–Crippen MR) is 96.9 cm³/mol. The minimum atomic E-state index is -0.0486. The summed E-state index contributed by atoms with van der Waals surface area (Å²) in [4.78, 5) is 14.7. The van der Waals surface area contributed by atoms with Crippen LogP contribution in [0.1, 0.15) is 21.8 Å². The number of benzene rings is 2. The molecule has 2 N–H and O–H groups in total. The van der Waals surface area contributed by atoms with Gasteiger partial charge in [0.15, 0.2) is 0 Å². The van der Waals surface area contributed by atoms with Gasteiger partial charge in [-0.05, 0) is 23.8 Å². The minimum absolute atomic E-state index is 0.00827. The Morgan fingerprint density at radius 3 is 2.68 bits per heavy atom. The molecule has 0 radical (unpaired) electrons. The molecule has 0 aromatic heterocycles. The Kier molecular flexibility index (Phi) is 5.68. The minimum Gasteiger partial charge on any atom is -0.491 e. The number of nitrogens with zero attached hydrogens (tertiary/aromatic N) is 1. The highest BCUT2D eigenvalue weighted by molar-refractivity contribution is 5.95. The molecule has 0 unspecified atom stereocenters. The summed E-state index contributed by atoms with van der Waals surface area (Å²) in [5, 5.41) is 0. The molecule has 1 heterocycles. The standard InChI is InChI=1S/C20H24N2O3/c1-24-10-11-25-17-9-5-8-16(12-17)20(23)22-13-18(19(21)14-22)15-6-3-2-4-7-15/h2-9,12,18-19H,10-11,13-14,21H2,1H3/t18-,19+/m0/s1. The fourth-order valence-electron chi connectivity index (χ4n) is 3.19. The molecule has 132 valence electrons. The summed E-state index contributed by atoms with van der Waals surface area (Å²) in [5.41, 5.74) is 8.10. The SMILES string of the molecule is COCCOc1cccc(C(=O)N2C[C@@H](N)[C@H](c3ccccc3)C2)c1. The number of ether oxygens (including phenoxy) is 2. The number of rotatable bonds is 6. The van der Waals surface area contributed by atoms with E-state index in [9.17, 15) is 4.79 Å². The molecule has 3 rings (SSSR count). The molecular weight excluding hydrogens is 316 g/mol. The van der Waals surface area contributed by atoms with Gasteiger partial charge in [0, 0.05) is 37.7 Å². The van der Waals surface area contributed by atoms with E-state index in [1.165, 1.54) is 5.56 Å². The second kappa shape index (κ2) is 8.14. The Bertz CT molecular complexity index is 705. The molecule has 0 bridgehead atoms. The molecule has 2 aromatic rings. The third kappa shape index (κ3) is 4.18. The van der Waals surface area contributed by atoms with Crippen molar-refractivity contribution >= 4 is 5.91 Å². The second-order valence-electron chi connectivity index (χ2n) is 6.26. The number of nitrogens with two attached hydrogens (primary N) is 1. The summed E-state index contributed by atoms with van der Waals surface area (Å²) < 4.78 is 10.6. The van der Waals surface area contributed by atoms with Crippen molar-refractivity contribution in [2.45, 2.75) is 12.0 Å². The highest BCUT2D eigenvalue weighted by atomic mass is 16.5. The number of amides is 1. The largest absolute Gasteiger partial charge is 0.491 e. The quantitative estimate of drug-likeness (QED) is 0.820. The van der Waals surface area contributed by atoms with Gasteiger partial charge >= 0.3 is 0 Å². The van der Waals surface area contributed by atoms with Crippen LogP contribution in [0, 0.1) is 0 Å². The van der Waals surface area contributed by atoms with Crippen LogP contribution < -0.4 is 10.5 Å². The molecule has 1 amide bonds. The average Bonchev–Trinajstić information content (AvgIpc) is 3.04. The van der Waals surface area contributed by atoms with E-state index in [-0.39, 0.29) is 17.9 Å². The highest BCUT2D eigenvalue weighted by Gasteiger charge is 2.34. The van der Waals surface area contributed by atoms with Gasteiger partial charge in [-0.2, -0.15) is 0 Å². The van der Waals surface area contributed by atoms with E-state index < -0.39 is 0 Å². The number of likely N-dealkylation sites (tertiary alicyclic amines) is 1. The third-order valence-corrected chi connectivity index (χ3v) is 4.52. The van der Waals surface area contributed by atoms with Gasteiger partial charge in [0.25, 0.3) is 5.91 Å². The Labute approximate surface area is 148 Å². The summed E-state index contributed by atoms with van der Waals surface area (Å²) in [7, 11) is 1.63. The van der Waals surface area contributed by atoms with Crippen LogP contribution >= 0.6 is 0 Å². The lowest BCUT2D eigenvalue weighted by molar-refractivity contribution is 0.0788. The Morgan fingerprint density at radius 1 is 1.12 bits per heavy atom. The lowest BCUT2D eigenvalue weighted by Gasteiger charge is -2.17. The first-order chi connectivity index (χ1) is 12.2. The van der Waals surface area contributed by atoms with Crippen LogP contribution in [0.2, 0.25) is 0 Å². The van der Waals surface area contributed by atoms with Crippen molar-refractivity contribution in [3.63, 3.8) is 0 Å². The summed E-state index contributed by atoms with van der Waals surface area (Å²) in [5.74, 6) is 0.836. The number of carbonyl (C=O) groups is 1. The van der Waals surface area contributed by atoms with E-state index in [0.717, 1.165) is 0 Å². The smallest absolute Gasteiger partial charge is 0.254 e. The van der Waals surface area contributed by atoms with Crippen LogP contribution in [-0.2, 0) is 4.74 Å². The Balaban J connectivity index is 1.68. The van der Waals surface area contributed by atoms with Crippen molar-refractivity contribution in [2.24, 2.45) is 5.73 Å². The molecule has 1 saturated heterocycles. The number of hydrogen-bond donors (Lipinski definition) is 1. The van der Waals surface area contributed by atoms with E-state index in [4.69, 9.17) is 15.2 Å². The molecule has 0 saturated carbocycles. The van der Waals surface area contributed by atoms with Crippen LogP contribution in [0.25, 0.3) is 0 Å². The van der Waals surface area contributed by atoms with Crippen LogP contribution in [-0.4, -0.2) is 50.3 Å². The van der Waals surface area contributed by atoms with Gasteiger partial charge in [-0.1, -0.05) is 36.4 Å². The van der Waals surface area contributed by atoms with Gasteiger partial charge in [0.05, 0.1) is 6.61 Å². The fourth-order valence-corrected chi connectivity index (χ4v) is 3.19. The lowest BCUT2D eigenvalue weighted by atomic mass is 9.95.